The van der Waals surface area contributed by atoms with Crippen LogP contribution in [0.3, 0.4) is 0 Å². The number of anilines is 1. The molecule has 1 saturated heterocycles. The second-order valence-corrected chi connectivity index (χ2v) is 3.84. The molecule has 0 saturated carbocycles. The van der Waals surface area contributed by atoms with Gasteiger partial charge in [0, 0.05) is 12.2 Å². The molecule has 0 radical (unpaired) electrons. The van der Waals surface area contributed by atoms with Crippen LogP contribution in [0.2, 0.25) is 0 Å². The molecule has 1 aromatic rings. The number of aromatic amines is 1. The van der Waals surface area contributed by atoms with Crippen molar-refractivity contribution in [2.24, 2.45) is 5.92 Å². The molecule has 15 heavy (non-hydrogen) atoms. The van der Waals surface area contributed by atoms with Crippen LogP contribution >= 0.6 is 0 Å². The van der Waals surface area contributed by atoms with Gasteiger partial charge in [0.25, 0.3) is 0 Å². The molecule has 2 unspecified atom stereocenters. The van der Waals surface area contributed by atoms with Crippen molar-refractivity contribution in [2.45, 2.75) is 25.8 Å². The Hall–Kier alpha value is -1.36. The van der Waals surface area contributed by atoms with E-state index in [1.165, 1.54) is 0 Å². The highest BCUT2D eigenvalue weighted by molar-refractivity contribution is 5.92. The average Bonchev–Trinajstić information content (AvgIpc) is 2.86. The molecule has 0 spiro atoms. The minimum Gasteiger partial charge on any atom is -0.323 e. The third kappa shape index (κ3) is 2.18. The third-order valence-corrected chi connectivity index (χ3v) is 2.89. The van der Waals surface area contributed by atoms with Crippen molar-refractivity contribution < 1.29 is 4.79 Å². The van der Waals surface area contributed by atoms with Gasteiger partial charge < -0.3 is 10.6 Å². The Morgan fingerprint density at radius 3 is 3.27 bits per heavy atom. The van der Waals surface area contributed by atoms with Gasteiger partial charge in [-0.15, -0.1) is 0 Å². The summed E-state index contributed by atoms with van der Waals surface area (Å²) in [4.78, 5) is 11.9. The molecule has 1 fully saturated rings. The van der Waals surface area contributed by atoms with Gasteiger partial charge in [0.15, 0.2) is 0 Å². The lowest BCUT2D eigenvalue weighted by Gasteiger charge is -2.16. The molecule has 1 aliphatic rings. The Balaban J connectivity index is 1.96. The number of hydrogen-bond donors (Lipinski definition) is 3. The fourth-order valence-corrected chi connectivity index (χ4v) is 2.06. The van der Waals surface area contributed by atoms with E-state index in [9.17, 15) is 4.79 Å². The van der Waals surface area contributed by atoms with E-state index >= 15 is 0 Å². The maximum absolute atomic E-state index is 11.9. The third-order valence-electron chi connectivity index (χ3n) is 2.89. The minimum atomic E-state index is 0.0879. The van der Waals surface area contributed by atoms with Crippen molar-refractivity contribution in [3.05, 3.63) is 12.4 Å². The van der Waals surface area contributed by atoms with Gasteiger partial charge in [-0.05, 0) is 19.4 Å². The van der Waals surface area contributed by atoms with Crippen LogP contribution in [-0.2, 0) is 4.79 Å². The Morgan fingerprint density at radius 2 is 2.60 bits per heavy atom. The largest absolute Gasteiger partial charge is 0.323 e. The van der Waals surface area contributed by atoms with Gasteiger partial charge in [-0.2, -0.15) is 5.10 Å². The van der Waals surface area contributed by atoms with Crippen LogP contribution < -0.4 is 10.6 Å². The highest BCUT2D eigenvalue weighted by Gasteiger charge is 2.31. The molecule has 2 rings (SSSR count). The molecule has 0 aliphatic carbocycles. The van der Waals surface area contributed by atoms with Crippen LogP contribution in [0.5, 0.6) is 0 Å². The summed E-state index contributed by atoms with van der Waals surface area (Å²) in [7, 11) is 0. The second-order valence-electron chi connectivity index (χ2n) is 3.84. The van der Waals surface area contributed by atoms with Gasteiger partial charge in [-0.3, -0.25) is 9.89 Å². The molecule has 3 N–H and O–H groups in total. The van der Waals surface area contributed by atoms with Gasteiger partial charge in [0.05, 0.1) is 17.8 Å². The van der Waals surface area contributed by atoms with Crippen LogP contribution in [0.15, 0.2) is 12.4 Å². The van der Waals surface area contributed by atoms with E-state index in [0.717, 1.165) is 25.1 Å². The number of amides is 1. The summed E-state index contributed by atoms with van der Waals surface area (Å²) in [6.07, 6.45) is 5.20. The van der Waals surface area contributed by atoms with Crippen molar-refractivity contribution in [2.75, 3.05) is 11.9 Å². The Morgan fingerprint density at radius 1 is 1.73 bits per heavy atom. The van der Waals surface area contributed by atoms with Crippen molar-refractivity contribution >= 4 is 11.6 Å². The summed E-state index contributed by atoms with van der Waals surface area (Å²) < 4.78 is 0. The highest BCUT2D eigenvalue weighted by atomic mass is 16.2. The van der Waals surface area contributed by atoms with Crippen LogP contribution in [0, 0.1) is 5.92 Å². The van der Waals surface area contributed by atoms with Crippen molar-refractivity contribution in [3.63, 3.8) is 0 Å². The number of nitrogens with zero attached hydrogens (tertiary/aromatic N) is 1. The molecule has 1 amide bonds. The minimum absolute atomic E-state index is 0.0879. The standard InChI is InChI=1S/C10H16N4O/c1-2-9-8(3-4-11-9)10(15)14-7-5-12-13-6-7/h5-6,8-9,11H,2-4H2,1H3,(H,12,13)(H,14,15). The molecule has 1 aromatic heterocycles. The van der Waals surface area contributed by atoms with Gasteiger partial charge in [0.2, 0.25) is 5.91 Å². The molecular formula is C10H16N4O. The van der Waals surface area contributed by atoms with Crippen LogP contribution in [0.25, 0.3) is 0 Å². The zero-order valence-corrected chi connectivity index (χ0v) is 8.79. The lowest BCUT2D eigenvalue weighted by atomic mass is 9.98. The number of carbonyl (C=O) groups is 1. The maximum Gasteiger partial charge on any atom is 0.229 e. The first-order chi connectivity index (χ1) is 7.31. The lowest BCUT2D eigenvalue weighted by molar-refractivity contribution is -0.120. The van der Waals surface area contributed by atoms with Crippen molar-refractivity contribution in [1.82, 2.24) is 15.5 Å². The number of carbonyl (C=O) groups excluding carboxylic acids is 1. The van der Waals surface area contributed by atoms with E-state index in [1.807, 2.05) is 0 Å². The normalized spacial score (nSPS) is 25.4. The number of rotatable bonds is 3. The summed E-state index contributed by atoms with van der Waals surface area (Å²) in [5.74, 6) is 0.179. The highest BCUT2D eigenvalue weighted by Crippen LogP contribution is 2.19. The molecule has 0 aromatic carbocycles. The SMILES string of the molecule is CCC1NCCC1C(=O)Nc1cn[nH]c1. The summed E-state index contributed by atoms with van der Waals surface area (Å²) in [5.41, 5.74) is 0.738. The zero-order chi connectivity index (χ0) is 10.7. The van der Waals surface area contributed by atoms with Crippen LogP contribution in [0.1, 0.15) is 19.8 Å². The molecule has 82 valence electrons. The Bertz CT molecular complexity index is 322. The first-order valence-corrected chi connectivity index (χ1v) is 5.34. The molecule has 1 aliphatic heterocycles. The predicted molar refractivity (Wildman–Crippen MR) is 57.4 cm³/mol. The van der Waals surface area contributed by atoms with Crippen molar-refractivity contribution in [1.29, 1.82) is 0 Å². The summed E-state index contributed by atoms with van der Waals surface area (Å²) in [5, 5.41) is 12.6. The monoisotopic (exact) mass is 208 g/mol. The lowest BCUT2D eigenvalue weighted by Crippen LogP contribution is -2.33. The maximum atomic E-state index is 11.9. The van der Waals surface area contributed by atoms with E-state index in [2.05, 4.69) is 27.8 Å². The van der Waals surface area contributed by atoms with E-state index in [-0.39, 0.29) is 11.8 Å². The molecule has 2 atom stereocenters. The van der Waals surface area contributed by atoms with Gasteiger partial charge in [-0.25, -0.2) is 0 Å². The average molecular weight is 208 g/mol. The Labute approximate surface area is 88.6 Å². The second kappa shape index (κ2) is 4.44. The number of aromatic nitrogens is 2. The summed E-state index contributed by atoms with van der Waals surface area (Å²) in [6.45, 7) is 3.03. The van der Waals surface area contributed by atoms with Gasteiger partial charge in [-0.1, -0.05) is 6.92 Å². The van der Waals surface area contributed by atoms with Crippen LogP contribution in [0.4, 0.5) is 5.69 Å². The number of nitrogens with one attached hydrogen (secondary N) is 3. The quantitative estimate of drug-likeness (QED) is 0.686. The van der Waals surface area contributed by atoms with Gasteiger partial charge >= 0.3 is 0 Å². The number of hydrogen-bond acceptors (Lipinski definition) is 3. The fourth-order valence-electron chi connectivity index (χ4n) is 2.06. The molecule has 0 bridgehead atoms. The van der Waals surface area contributed by atoms with Crippen molar-refractivity contribution in [3.8, 4) is 0 Å². The molecule has 5 heteroatoms. The van der Waals surface area contributed by atoms with E-state index < -0.39 is 0 Å². The number of H-pyrrole nitrogens is 1. The molecular weight excluding hydrogens is 192 g/mol. The van der Waals surface area contributed by atoms with E-state index in [4.69, 9.17) is 0 Å². The first kappa shape index (κ1) is 10.2. The molecule has 2 heterocycles. The van der Waals surface area contributed by atoms with Gasteiger partial charge in [0.1, 0.15) is 0 Å². The van der Waals surface area contributed by atoms with E-state index in [0.29, 0.717) is 6.04 Å². The summed E-state index contributed by atoms with van der Waals surface area (Å²) >= 11 is 0. The summed E-state index contributed by atoms with van der Waals surface area (Å²) in [6, 6.07) is 0.317. The zero-order valence-electron chi connectivity index (χ0n) is 8.79. The predicted octanol–water partition coefficient (Wildman–Crippen LogP) is 0.736. The smallest absolute Gasteiger partial charge is 0.229 e. The van der Waals surface area contributed by atoms with Crippen LogP contribution in [-0.4, -0.2) is 28.7 Å². The fraction of sp³-hybridized carbons (Fsp3) is 0.600. The topological polar surface area (TPSA) is 69.8 Å². The van der Waals surface area contributed by atoms with E-state index in [1.54, 1.807) is 12.4 Å². The Kier molecular flexibility index (Phi) is 3.01. The molecule has 5 nitrogen and oxygen atoms in total. The first-order valence-electron chi connectivity index (χ1n) is 5.34.